The first kappa shape index (κ1) is 13.6. The Hall–Kier alpha value is -1.37. The van der Waals surface area contributed by atoms with Crippen molar-refractivity contribution in [2.45, 2.75) is 46.5 Å². The molecule has 0 spiro atoms. The zero-order chi connectivity index (χ0) is 11.7. The Bertz CT molecular complexity index is 266. The van der Waals surface area contributed by atoms with E-state index in [1.54, 1.807) is 6.92 Å². The SMILES string of the molecule is CCCC(C#N)CCC(C)=NOC(C)=O. The van der Waals surface area contributed by atoms with Crippen LogP contribution in [0.25, 0.3) is 0 Å². The molecule has 0 saturated heterocycles. The smallest absolute Gasteiger partial charge is 0.319 e. The zero-order valence-corrected chi connectivity index (χ0v) is 9.62. The van der Waals surface area contributed by atoms with Crippen molar-refractivity contribution in [2.75, 3.05) is 0 Å². The fourth-order valence-electron chi connectivity index (χ4n) is 1.19. The monoisotopic (exact) mass is 210 g/mol. The predicted molar refractivity (Wildman–Crippen MR) is 58.1 cm³/mol. The number of carbonyl (C=O) groups is 1. The molecule has 0 heterocycles. The Morgan fingerprint density at radius 3 is 2.60 bits per heavy atom. The molecule has 0 N–H and O–H groups in total. The highest BCUT2D eigenvalue weighted by molar-refractivity contribution is 5.82. The Kier molecular flexibility index (Phi) is 7.25. The molecule has 1 atom stereocenters. The summed E-state index contributed by atoms with van der Waals surface area (Å²) in [6.07, 6.45) is 3.40. The van der Waals surface area contributed by atoms with Crippen molar-refractivity contribution in [2.24, 2.45) is 11.1 Å². The second kappa shape index (κ2) is 7.98. The molecule has 0 radical (unpaired) electrons. The van der Waals surface area contributed by atoms with E-state index in [-0.39, 0.29) is 5.92 Å². The summed E-state index contributed by atoms with van der Waals surface area (Å²) in [5.74, 6) is -0.336. The van der Waals surface area contributed by atoms with Crippen LogP contribution in [0, 0.1) is 17.2 Å². The van der Waals surface area contributed by atoms with Gasteiger partial charge in [-0.3, -0.25) is 0 Å². The first-order chi connectivity index (χ1) is 7.10. The van der Waals surface area contributed by atoms with Crippen LogP contribution in [0.15, 0.2) is 5.16 Å². The van der Waals surface area contributed by atoms with E-state index in [9.17, 15) is 4.79 Å². The molecule has 0 fully saturated rings. The highest BCUT2D eigenvalue weighted by Gasteiger charge is 2.06. The van der Waals surface area contributed by atoms with Crippen molar-refractivity contribution in [3.05, 3.63) is 0 Å². The van der Waals surface area contributed by atoms with Crippen molar-refractivity contribution >= 4 is 11.7 Å². The van der Waals surface area contributed by atoms with E-state index in [4.69, 9.17) is 5.26 Å². The zero-order valence-electron chi connectivity index (χ0n) is 9.62. The molecule has 0 bridgehead atoms. The summed E-state index contributed by atoms with van der Waals surface area (Å²) in [7, 11) is 0. The minimum Gasteiger partial charge on any atom is -0.319 e. The lowest BCUT2D eigenvalue weighted by molar-refractivity contribution is -0.140. The molecule has 1 unspecified atom stereocenters. The van der Waals surface area contributed by atoms with Gasteiger partial charge in [0.1, 0.15) is 0 Å². The minimum atomic E-state index is -0.417. The topological polar surface area (TPSA) is 62.4 Å². The lowest BCUT2D eigenvalue weighted by Gasteiger charge is -2.06. The number of carbonyl (C=O) groups excluding carboxylic acids is 1. The number of rotatable bonds is 6. The third kappa shape index (κ3) is 7.68. The number of nitriles is 1. The van der Waals surface area contributed by atoms with Crippen molar-refractivity contribution in [3.8, 4) is 6.07 Å². The van der Waals surface area contributed by atoms with Gasteiger partial charge in [-0.15, -0.1) is 0 Å². The largest absolute Gasteiger partial charge is 0.331 e. The maximum atomic E-state index is 10.5. The Labute approximate surface area is 90.9 Å². The molecule has 0 aliphatic rings. The molecule has 0 aromatic rings. The lowest BCUT2D eigenvalue weighted by atomic mass is 9.98. The number of hydrogen-bond acceptors (Lipinski definition) is 4. The van der Waals surface area contributed by atoms with Gasteiger partial charge in [-0.1, -0.05) is 18.5 Å². The van der Waals surface area contributed by atoms with Gasteiger partial charge in [-0.05, 0) is 26.2 Å². The van der Waals surface area contributed by atoms with E-state index in [1.807, 2.05) is 0 Å². The van der Waals surface area contributed by atoms with Gasteiger partial charge in [0.15, 0.2) is 0 Å². The Morgan fingerprint density at radius 2 is 2.13 bits per heavy atom. The fourth-order valence-corrected chi connectivity index (χ4v) is 1.19. The highest BCUT2D eigenvalue weighted by Crippen LogP contribution is 2.12. The normalized spacial score (nSPS) is 13.1. The van der Waals surface area contributed by atoms with Crippen LogP contribution < -0.4 is 0 Å². The van der Waals surface area contributed by atoms with Crippen molar-refractivity contribution < 1.29 is 9.63 Å². The summed E-state index contributed by atoms with van der Waals surface area (Å²) < 4.78 is 0. The summed E-state index contributed by atoms with van der Waals surface area (Å²) in [6.45, 7) is 5.17. The quantitative estimate of drug-likeness (QED) is 0.384. The summed E-state index contributed by atoms with van der Waals surface area (Å²) in [4.78, 5) is 15.0. The van der Waals surface area contributed by atoms with E-state index in [0.29, 0.717) is 6.42 Å². The summed E-state index contributed by atoms with van der Waals surface area (Å²) in [6, 6.07) is 2.26. The second-order valence-corrected chi connectivity index (χ2v) is 3.56. The average molecular weight is 210 g/mol. The molecule has 4 heteroatoms. The molecule has 0 aromatic heterocycles. The maximum absolute atomic E-state index is 10.5. The minimum absolute atomic E-state index is 0.0810. The number of oxime groups is 1. The number of nitrogens with zero attached hydrogens (tertiary/aromatic N) is 2. The van der Waals surface area contributed by atoms with E-state index in [2.05, 4.69) is 23.0 Å². The van der Waals surface area contributed by atoms with Crippen LogP contribution in [0.3, 0.4) is 0 Å². The molecular weight excluding hydrogens is 192 g/mol. The van der Waals surface area contributed by atoms with Gasteiger partial charge in [0.05, 0.1) is 11.8 Å². The lowest BCUT2D eigenvalue weighted by Crippen LogP contribution is -2.02. The molecule has 0 amide bonds. The van der Waals surface area contributed by atoms with Crippen LogP contribution in [-0.2, 0) is 9.63 Å². The third-order valence-corrected chi connectivity index (χ3v) is 2.00. The van der Waals surface area contributed by atoms with Crippen LogP contribution in [0.2, 0.25) is 0 Å². The fraction of sp³-hybridized carbons (Fsp3) is 0.727. The van der Waals surface area contributed by atoms with Crippen LogP contribution >= 0.6 is 0 Å². The van der Waals surface area contributed by atoms with E-state index in [1.165, 1.54) is 6.92 Å². The van der Waals surface area contributed by atoms with Gasteiger partial charge in [-0.25, -0.2) is 4.79 Å². The van der Waals surface area contributed by atoms with Crippen molar-refractivity contribution in [3.63, 3.8) is 0 Å². The Morgan fingerprint density at radius 1 is 1.47 bits per heavy atom. The summed E-state index contributed by atoms with van der Waals surface area (Å²) in [5, 5.41) is 12.5. The first-order valence-corrected chi connectivity index (χ1v) is 5.20. The molecule has 0 rings (SSSR count). The molecule has 0 aliphatic heterocycles. The molecule has 0 saturated carbocycles. The molecule has 84 valence electrons. The van der Waals surface area contributed by atoms with Gasteiger partial charge in [0.25, 0.3) is 0 Å². The van der Waals surface area contributed by atoms with Gasteiger partial charge >= 0.3 is 5.97 Å². The van der Waals surface area contributed by atoms with Crippen LogP contribution in [0.1, 0.15) is 46.5 Å². The third-order valence-electron chi connectivity index (χ3n) is 2.00. The van der Waals surface area contributed by atoms with Gasteiger partial charge < -0.3 is 4.84 Å². The van der Waals surface area contributed by atoms with Crippen molar-refractivity contribution in [1.29, 1.82) is 5.26 Å². The highest BCUT2D eigenvalue weighted by atomic mass is 16.7. The molecular formula is C11H18N2O2. The Balaban J connectivity index is 3.87. The van der Waals surface area contributed by atoms with Crippen LogP contribution in [0.4, 0.5) is 0 Å². The second-order valence-electron chi connectivity index (χ2n) is 3.56. The van der Waals surface area contributed by atoms with Crippen LogP contribution in [0.5, 0.6) is 0 Å². The molecule has 15 heavy (non-hydrogen) atoms. The van der Waals surface area contributed by atoms with Gasteiger partial charge in [0.2, 0.25) is 0 Å². The van der Waals surface area contributed by atoms with Crippen molar-refractivity contribution in [1.82, 2.24) is 0 Å². The maximum Gasteiger partial charge on any atom is 0.331 e. The standard InChI is InChI=1S/C11H18N2O2/c1-4-5-11(8-12)7-6-9(2)13-15-10(3)14/h11H,4-7H2,1-3H3. The van der Waals surface area contributed by atoms with Gasteiger partial charge in [0, 0.05) is 12.8 Å². The number of hydrogen-bond donors (Lipinski definition) is 0. The van der Waals surface area contributed by atoms with E-state index >= 15 is 0 Å². The van der Waals surface area contributed by atoms with E-state index in [0.717, 1.165) is 25.0 Å². The summed E-state index contributed by atoms with van der Waals surface area (Å²) in [5.41, 5.74) is 0.751. The molecule has 0 aromatic carbocycles. The van der Waals surface area contributed by atoms with Gasteiger partial charge in [-0.2, -0.15) is 5.26 Å². The average Bonchev–Trinajstić information content (AvgIpc) is 2.21. The molecule has 0 aliphatic carbocycles. The predicted octanol–water partition coefficient (Wildman–Crippen LogP) is 2.65. The van der Waals surface area contributed by atoms with Crippen LogP contribution in [-0.4, -0.2) is 11.7 Å². The molecule has 4 nitrogen and oxygen atoms in total. The van der Waals surface area contributed by atoms with E-state index < -0.39 is 5.97 Å². The first-order valence-electron chi connectivity index (χ1n) is 5.20. The summed E-state index contributed by atoms with van der Waals surface area (Å²) >= 11 is 0.